The van der Waals surface area contributed by atoms with Crippen LogP contribution in [0, 0.1) is 19.8 Å². The van der Waals surface area contributed by atoms with Gasteiger partial charge in [0.1, 0.15) is 0 Å². The Morgan fingerprint density at radius 1 is 1.40 bits per heavy atom. The lowest BCUT2D eigenvalue weighted by Gasteiger charge is -2.35. The maximum atomic E-state index is 5.24. The van der Waals surface area contributed by atoms with Crippen molar-refractivity contribution >= 4 is 0 Å². The van der Waals surface area contributed by atoms with E-state index in [1.54, 1.807) is 7.11 Å². The Labute approximate surface area is 121 Å². The van der Waals surface area contributed by atoms with Gasteiger partial charge in [0.05, 0.1) is 7.11 Å². The molecule has 3 rings (SSSR count). The molecular weight excluding hydrogens is 250 g/mol. The van der Waals surface area contributed by atoms with Crippen molar-refractivity contribution in [2.75, 3.05) is 26.7 Å². The maximum Gasteiger partial charge on any atom is 0.213 e. The van der Waals surface area contributed by atoms with Gasteiger partial charge < -0.3 is 10.1 Å². The number of nitrogens with zero attached hydrogens (tertiary/aromatic N) is 2. The van der Waals surface area contributed by atoms with Gasteiger partial charge in [0.15, 0.2) is 0 Å². The van der Waals surface area contributed by atoms with Crippen molar-refractivity contribution in [1.82, 2.24) is 15.2 Å². The molecule has 0 amide bonds. The number of nitrogens with one attached hydrogen (secondary N) is 1. The SMILES string of the molecule is COc1cc(C)c(CN2CC[C@@H]3CCN[C@@H]3C2)c(C)n1. The third-order valence-electron chi connectivity index (χ3n) is 4.88. The van der Waals surface area contributed by atoms with Gasteiger partial charge in [-0.3, -0.25) is 4.90 Å². The Kier molecular flexibility index (Phi) is 3.94. The molecule has 4 nitrogen and oxygen atoms in total. The molecule has 110 valence electrons. The number of aromatic nitrogens is 1. The van der Waals surface area contributed by atoms with Crippen LogP contribution in [0.2, 0.25) is 0 Å². The zero-order valence-electron chi connectivity index (χ0n) is 12.8. The molecule has 4 heteroatoms. The largest absolute Gasteiger partial charge is 0.481 e. The Morgan fingerprint density at radius 2 is 2.25 bits per heavy atom. The van der Waals surface area contributed by atoms with E-state index < -0.39 is 0 Å². The monoisotopic (exact) mass is 275 g/mol. The van der Waals surface area contributed by atoms with E-state index in [-0.39, 0.29) is 0 Å². The van der Waals surface area contributed by atoms with Crippen LogP contribution in [-0.4, -0.2) is 42.7 Å². The van der Waals surface area contributed by atoms with Crippen LogP contribution in [0.15, 0.2) is 6.07 Å². The van der Waals surface area contributed by atoms with E-state index in [0.29, 0.717) is 6.04 Å². The third kappa shape index (κ3) is 2.67. The lowest BCUT2D eigenvalue weighted by Crippen LogP contribution is -2.46. The number of rotatable bonds is 3. The third-order valence-corrected chi connectivity index (χ3v) is 4.88. The van der Waals surface area contributed by atoms with Gasteiger partial charge in [0.2, 0.25) is 5.88 Å². The number of aryl methyl sites for hydroxylation is 2. The van der Waals surface area contributed by atoms with Gasteiger partial charge in [0.25, 0.3) is 0 Å². The first kappa shape index (κ1) is 13.8. The molecular formula is C16H25N3O. The molecule has 2 saturated heterocycles. The van der Waals surface area contributed by atoms with Crippen molar-refractivity contribution in [3.63, 3.8) is 0 Å². The second-order valence-electron chi connectivity index (χ2n) is 6.18. The predicted molar refractivity (Wildman–Crippen MR) is 80.1 cm³/mol. The van der Waals surface area contributed by atoms with Gasteiger partial charge in [-0.25, -0.2) is 4.98 Å². The first-order chi connectivity index (χ1) is 9.67. The maximum absolute atomic E-state index is 5.24. The van der Waals surface area contributed by atoms with E-state index in [2.05, 4.69) is 29.0 Å². The first-order valence-electron chi connectivity index (χ1n) is 7.64. The lowest BCUT2D eigenvalue weighted by atomic mass is 9.92. The molecule has 2 aliphatic rings. The summed E-state index contributed by atoms with van der Waals surface area (Å²) < 4.78 is 5.24. The van der Waals surface area contributed by atoms with Crippen molar-refractivity contribution in [2.45, 2.75) is 39.3 Å². The van der Waals surface area contributed by atoms with E-state index in [1.165, 1.54) is 43.6 Å². The summed E-state index contributed by atoms with van der Waals surface area (Å²) in [6, 6.07) is 2.75. The molecule has 1 aromatic heterocycles. The highest BCUT2D eigenvalue weighted by Crippen LogP contribution is 2.27. The van der Waals surface area contributed by atoms with Gasteiger partial charge in [-0.05, 0) is 56.8 Å². The van der Waals surface area contributed by atoms with Crippen LogP contribution < -0.4 is 10.1 Å². The molecule has 0 aromatic carbocycles. The van der Waals surface area contributed by atoms with Crippen molar-refractivity contribution in [3.05, 3.63) is 22.9 Å². The summed E-state index contributed by atoms with van der Waals surface area (Å²) in [5.41, 5.74) is 3.75. The Balaban J connectivity index is 1.71. The predicted octanol–water partition coefficient (Wildman–Crippen LogP) is 1.89. The molecule has 1 N–H and O–H groups in total. The summed E-state index contributed by atoms with van der Waals surface area (Å²) in [5, 5.41) is 3.64. The number of pyridine rings is 1. The van der Waals surface area contributed by atoms with E-state index in [4.69, 9.17) is 4.74 Å². The van der Waals surface area contributed by atoms with Gasteiger partial charge in [-0.2, -0.15) is 0 Å². The van der Waals surface area contributed by atoms with Gasteiger partial charge in [0, 0.05) is 30.9 Å². The fraction of sp³-hybridized carbons (Fsp3) is 0.688. The number of ether oxygens (including phenoxy) is 1. The molecule has 0 unspecified atom stereocenters. The van der Waals surface area contributed by atoms with E-state index in [9.17, 15) is 0 Å². The molecule has 20 heavy (non-hydrogen) atoms. The Hall–Kier alpha value is -1.13. The summed E-state index contributed by atoms with van der Waals surface area (Å²) >= 11 is 0. The van der Waals surface area contributed by atoms with Crippen LogP contribution in [0.1, 0.15) is 29.7 Å². The molecule has 2 fully saturated rings. The lowest BCUT2D eigenvalue weighted by molar-refractivity contribution is 0.159. The molecule has 1 aromatic rings. The number of hydrogen-bond donors (Lipinski definition) is 1. The number of fused-ring (bicyclic) bond motifs is 1. The smallest absolute Gasteiger partial charge is 0.213 e. The molecule has 3 heterocycles. The van der Waals surface area contributed by atoms with Crippen molar-refractivity contribution in [1.29, 1.82) is 0 Å². The first-order valence-corrected chi connectivity index (χ1v) is 7.64. The summed E-state index contributed by atoms with van der Waals surface area (Å²) in [6.07, 6.45) is 2.69. The molecule has 0 bridgehead atoms. The summed E-state index contributed by atoms with van der Waals surface area (Å²) in [4.78, 5) is 7.09. The number of methoxy groups -OCH3 is 1. The molecule has 0 spiro atoms. The zero-order chi connectivity index (χ0) is 14.1. The molecule has 2 aliphatic heterocycles. The van der Waals surface area contributed by atoms with Crippen LogP contribution in [0.5, 0.6) is 5.88 Å². The fourth-order valence-electron chi connectivity index (χ4n) is 3.63. The minimum absolute atomic E-state index is 0.704. The molecule has 0 radical (unpaired) electrons. The Bertz CT molecular complexity index is 466. The number of likely N-dealkylation sites (tertiary alicyclic amines) is 1. The number of hydrogen-bond acceptors (Lipinski definition) is 4. The molecule has 0 aliphatic carbocycles. The highest BCUT2D eigenvalue weighted by atomic mass is 16.5. The minimum atomic E-state index is 0.704. The van der Waals surface area contributed by atoms with Crippen LogP contribution >= 0.6 is 0 Å². The molecule has 0 saturated carbocycles. The number of piperidine rings is 1. The Morgan fingerprint density at radius 3 is 3.00 bits per heavy atom. The topological polar surface area (TPSA) is 37.4 Å². The minimum Gasteiger partial charge on any atom is -0.481 e. The van der Waals surface area contributed by atoms with Crippen molar-refractivity contribution in [2.24, 2.45) is 5.92 Å². The zero-order valence-corrected chi connectivity index (χ0v) is 12.8. The van der Waals surface area contributed by atoms with Crippen LogP contribution in [0.4, 0.5) is 0 Å². The highest BCUT2D eigenvalue weighted by molar-refractivity contribution is 5.33. The van der Waals surface area contributed by atoms with Gasteiger partial charge in [-0.1, -0.05) is 0 Å². The van der Waals surface area contributed by atoms with E-state index >= 15 is 0 Å². The standard InChI is InChI=1S/C16H25N3O/c1-11-8-16(20-3)18-12(2)14(11)9-19-7-5-13-4-6-17-15(13)10-19/h8,13,15,17H,4-7,9-10H2,1-3H3/t13-,15+/m0/s1. The van der Waals surface area contributed by atoms with Crippen molar-refractivity contribution < 1.29 is 4.74 Å². The van der Waals surface area contributed by atoms with E-state index in [1.807, 2.05) is 6.07 Å². The quantitative estimate of drug-likeness (QED) is 0.914. The summed E-state index contributed by atoms with van der Waals surface area (Å²) in [5.74, 6) is 1.63. The normalized spacial score (nSPS) is 26.6. The summed E-state index contributed by atoms with van der Waals surface area (Å²) in [7, 11) is 1.68. The average Bonchev–Trinajstić information content (AvgIpc) is 2.90. The fourth-order valence-corrected chi connectivity index (χ4v) is 3.63. The van der Waals surface area contributed by atoms with Gasteiger partial charge in [-0.15, -0.1) is 0 Å². The highest BCUT2D eigenvalue weighted by Gasteiger charge is 2.32. The van der Waals surface area contributed by atoms with Crippen LogP contribution in [-0.2, 0) is 6.54 Å². The van der Waals surface area contributed by atoms with Crippen LogP contribution in [0.25, 0.3) is 0 Å². The molecule has 2 atom stereocenters. The average molecular weight is 275 g/mol. The van der Waals surface area contributed by atoms with Gasteiger partial charge >= 0.3 is 0 Å². The van der Waals surface area contributed by atoms with Crippen molar-refractivity contribution in [3.8, 4) is 5.88 Å². The summed E-state index contributed by atoms with van der Waals surface area (Å²) in [6.45, 7) is 8.85. The second-order valence-corrected chi connectivity index (χ2v) is 6.18. The second kappa shape index (κ2) is 5.70. The van der Waals surface area contributed by atoms with E-state index in [0.717, 1.165) is 24.0 Å². The van der Waals surface area contributed by atoms with Crippen LogP contribution in [0.3, 0.4) is 0 Å².